The lowest BCUT2D eigenvalue weighted by atomic mass is 10.2. The molecule has 1 fully saturated rings. The van der Waals surface area contributed by atoms with Crippen molar-refractivity contribution in [2.45, 2.75) is 25.7 Å². The number of aromatic carboxylic acids is 1. The van der Waals surface area contributed by atoms with Gasteiger partial charge in [0.25, 0.3) is 0 Å². The van der Waals surface area contributed by atoms with Crippen LogP contribution in [0, 0.1) is 18.6 Å². The molecule has 1 aromatic carbocycles. The van der Waals surface area contributed by atoms with Crippen LogP contribution < -0.4 is 9.47 Å². The van der Waals surface area contributed by atoms with Gasteiger partial charge in [0.2, 0.25) is 11.5 Å². The van der Waals surface area contributed by atoms with Crippen molar-refractivity contribution in [2.75, 3.05) is 13.1 Å². The fourth-order valence-electron chi connectivity index (χ4n) is 3.23. The third kappa shape index (κ3) is 2.85. The lowest BCUT2D eigenvalue weighted by molar-refractivity contribution is 0.0467. The van der Waals surface area contributed by atoms with Crippen molar-refractivity contribution < 1.29 is 28.2 Å². The number of carbonyl (C=O) groups is 1. The zero-order valence-corrected chi connectivity index (χ0v) is 14.1. The monoisotopic (exact) mass is 367 g/mol. The average molecular weight is 367 g/mol. The summed E-state index contributed by atoms with van der Waals surface area (Å²) in [6, 6.07) is 3.71. The number of likely N-dealkylation sites (tertiary alicyclic amines) is 1. The van der Waals surface area contributed by atoms with Crippen LogP contribution in [0.3, 0.4) is 0 Å². The van der Waals surface area contributed by atoms with Crippen LogP contribution in [-0.2, 0) is 6.54 Å². The number of thiophene rings is 1. The Morgan fingerprint density at radius 3 is 2.28 bits per heavy atom. The number of rotatable bonds is 3. The van der Waals surface area contributed by atoms with E-state index < -0.39 is 17.6 Å². The number of hydrogen-bond donors (Lipinski definition) is 1. The molecule has 3 heterocycles. The molecule has 8 heteroatoms. The van der Waals surface area contributed by atoms with Gasteiger partial charge in [0.05, 0.1) is 0 Å². The van der Waals surface area contributed by atoms with Crippen LogP contribution in [0.15, 0.2) is 18.2 Å². The van der Waals surface area contributed by atoms with E-state index in [4.69, 9.17) is 14.6 Å². The highest BCUT2D eigenvalue weighted by Gasteiger charge is 2.42. The van der Waals surface area contributed by atoms with Crippen molar-refractivity contribution in [3.63, 3.8) is 0 Å². The first-order valence-corrected chi connectivity index (χ1v) is 8.60. The van der Waals surface area contributed by atoms with Gasteiger partial charge in [0.15, 0.2) is 11.6 Å². The van der Waals surface area contributed by atoms with Crippen molar-refractivity contribution in [1.29, 1.82) is 0 Å². The van der Waals surface area contributed by atoms with E-state index in [1.165, 1.54) is 11.3 Å². The maximum Gasteiger partial charge on any atom is 0.345 e. The average Bonchev–Trinajstić information content (AvgIpc) is 3.13. The number of carboxylic acids is 1. The van der Waals surface area contributed by atoms with E-state index in [2.05, 4.69) is 0 Å². The highest BCUT2D eigenvalue weighted by molar-refractivity contribution is 7.14. The second kappa shape index (κ2) is 5.96. The van der Waals surface area contributed by atoms with Crippen LogP contribution in [0.4, 0.5) is 8.78 Å². The van der Waals surface area contributed by atoms with Gasteiger partial charge in [-0.25, -0.2) is 13.6 Å². The number of fused-ring (bicyclic) bond motifs is 2. The van der Waals surface area contributed by atoms with Crippen LogP contribution in [0.25, 0.3) is 0 Å². The predicted octanol–water partition coefficient (Wildman–Crippen LogP) is 3.06. The molecule has 132 valence electrons. The first kappa shape index (κ1) is 16.3. The van der Waals surface area contributed by atoms with Gasteiger partial charge in [-0.05, 0) is 30.7 Å². The Bertz CT molecular complexity index is 814. The molecule has 1 aromatic heterocycles. The number of hydrogen-bond acceptors (Lipinski definition) is 5. The number of nitrogens with zero attached hydrogens (tertiary/aromatic N) is 1. The zero-order chi connectivity index (χ0) is 17.7. The lowest BCUT2D eigenvalue weighted by Gasteiger charge is -2.28. The number of carboxylic acid groups (broad SMARTS) is 1. The molecule has 2 aromatic rings. The molecule has 2 aliphatic heterocycles. The number of halogens is 2. The summed E-state index contributed by atoms with van der Waals surface area (Å²) in [6.07, 6.45) is -0.775. The molecule has 5 nitrogen and oxygen atoms in total. The fraction of sp³-hybridized carbons (Fsp3) is 0.353. The van der Waals surface area contributed by atoms with Gasteiger partial charge in [-0.2, -0.15) is 0 Å². The number of aryl methyl sites for hydroxylation is 1. The van der Waals surface area contributed by atoms with E-state index in [9.17, 15) is 13.6 Å². The number of benzene rings is 1. The van der Waals surface area contributed by atoms with Crippen LogP contribution in [0.2, 0.25) is 0 Å². The van der Waals surface area contributed by atoms with Crippen LogP contribution in [-0.4, -0.2) is 41.3 Å². The molecule has 0 aliphatic carbocycles. The third-order valence-electron chi connectivity index (χ3n) is 4.47. The molecule has 4 rings (SSSR count). The summed E-state index contributed by atoms with van der Waals surface area (Å²) in [5.74, 6) is -2.59. The third-order valence-corrected chi connectivity index (χ3v) is 5.55. The van der Waals surface area contributed by atoms with Gasteiger partial charge in [-0.15, -0.1) is 11.3 Å². The molecule has 0 bridgehead atoms. The van der Waals surface area contributed by atoms with E-state index in [0.29, 0.717) is 24.5 Å². The summed E-state index contributed by atoms with van der Waals surface area (Å²) in [5.41, 5.74) is 0.927. The normalized spacial score (nSPS) is 22.0. The molecule has 0 spiro atoms. The van der Waals surface area contributed by atoms with E-state index in [0.717, 1.165) is 22.6 Å². The SMILES string of the molecule is Cc1sc(C(=O)O)cc1CN1C[C@@H]2Oc3c(F)ccc(F)c3O[C@@H]2C1. The summed E-state index contributed by atoms with van der Waals surface area (Å²) >= 11 is 1.24. The molecular weight excluding hydrogens is 352 g/mol. The molecule has 2 aliphatic rings. The Morgan fingerprint density at radius 2 is 1.80 bits per heavy atom. The Hall–Kier alpha value is -2.19. The van der Waals surface area contributed by atoms with Gasteiger partial charge in [0.1, 0.15) is 17.1 Å². The van der Waals surface area contributed by atoms with Gasteiger partial charge in [0, 0.05) is 24.5 Å². The highest BCUT2D eigenvalue weighted by Crippen LogP contribution is 2.40. The van der Waals surface area contributed by atoms with Crippen LogP contribution in [0.5, 0.6) is 11.5 Å². The zero-order valence-electron chi connectivity index (χ0n) is 13.3. The molecule has 0 unspecified atom stereocenters. The molecular formula is C17H15F2NO4S. The Labute approximate surface area is 146 Å². The Morgan fingerprint density at radius 1 is 1.24 bits per heavy atom. The summed E-state index contributed by atoms with van der Waals surface area (Å²) in [4.78, 5) is 14.4. The Balaban J connectivity index is 1.51. The molecule has 2 atom stereocenters. The van der Waals surface area contributed by atoms with Gasteiger partial charge in [-0.3, -0.25) is 4.90 Å². The minimum atomic E-state index is -0.942. The smallest absolute Gasteiger partial charge is 0.345 e. The molecule has 25 heavy (non-hydrogen) atoms. The van der Waals surface area contributed by atoms with Crippen LogP contribution >= 0.6 is 11.3 Å². The summed E-state index contributed by atoms with van der Waals surface area (Å²) < 4.78 is 39.0. The van der Waals surface area contributed by atoms with Crippen molar-refractivity contribution in [2.24, 2.45) is 0 Å². The second-order valence-electron chi connectivity index (χ2n) is 6.19. The fourth-order valence-corrected chi connectivity index (χ4v) is 4.11. The van der Waals surface area contributed by atoms with Crippen molar-refractivity contribution >= 4 is 17.3 Å². The van der Waals surface area contributed by atoms with Gasteiger partial charge >= 0.3 is 5.97 Å². The maximum atomic E-state index is 13.8. The summed E-state index contributed by atoms with van der Waals surface area (Å²) in [6.45, 7) is 3.41. The minimum Gasteiger partial charge on any atom is -0.478 e. The van der Waals surface area contributed by atoms with E-state index in [-0.39, 0.29) is 23.7 Å². The predicted molar refractivity (Wildman–Crippen MR) is 86.5 cm³/mol. The molecule has 0 amide bonds. The van der Waals surface area contributed by atoms with Crippen molar-refractivity contribution in [1.82, 2.24) is 4.90 Å². The highest BCUT2D eigenvalue weighted by atomic mass is 32.1. The summed E-state index contributed by atoms with van der Waals surface area (Å²) in [5, 5.41) is 9.09. The second-order valence-corrected chi connectivity index (χ2v) is 7.45. The lowest BCUT2D eigenvalue weighted by Crippen LogP contribution is -2.39. The van der Waals surface area contributed by atoms with Crippen molar-refractivity contribution in [3.05, 3.63) is 45.2 Å². The standard InChI is InChI=1S/C17H15F2NO4S/c1-8-9(4-14(25-8)17(21)22)5-20-6-12-13(7-20)24-16-11(19)3-2-10(18)15(16)23-12/h2-4,12-13H,5-7H2,1H3,(H,21,22)/t12-,13+. The first-order valence-electron chi connectivity index (χ1n) is 7.78. The van der Waals surface area contributed by atoms with E-state index in [1.807, 2.05) is 11.8 Å². The Kier molecular flexibility index (Phi) is 3.88. The topological polar surface area (TPSA) is 59.0 Å². The summed E-state index contributed by atoms with van der Waals surface area (Å²) in [7, 11) is 0. The van der Waals surface area contributed by atoms with Crippen LogP contribution in [0.1, 0.15) is 20.1 Å². The molecule has 0 radical (unpaired) electrons. The minimum absolute atomic E-state index is 0.178. The number of ether oxygens (including phenoxy) is 2. The quantitative estimate of drug-likeness (QED) is 0.904. The molecule has 0 saturated carbocycles. The van der Waals surface area contributed by atoms with E-state index in [1.54, 1.807) is 6.07 Å². The maximum absolute atomic E-state index is 13.8. The van der Waals surface area contributed by atoms with Gasteiger partial charge < -0.3 is 14.6 Å². The van der Waals surface area contributed by atoms with E-state index >= 15 is 0 Å². The van der Waals surface area contributed by atoms with Gasteiger partial charge in [-0.1, -0.05) is 0 Å². The molecule has 1 N–H and O–H groups in total. The first-order chi connectivity index (χ1) is 11.9. The van der Waals surface area contributed by atoms with Crippen molar-refractivity contribution in [3.8, 4) is 11.5 Å². The largest absolute Gasteiger partial charge is 0.478 e. The molecule has 1 saturated heterocycles.